The van der Waals surface area contributed by atoms with Gasteiger partial charge < -0.3 is 4.42 Å². The zero-order chi connectivity index (χ0) is 32.6. The van der Waals surface area contributed by atoms with E-state index >= 15 is 0 Å². The van der Waals surface area contributed by atoms with Crippen molar-refractivity contribution >= 4 is 21.9 Å². The van der Waals surface area contributed by atoms with Gasteiger partial charge in [0.05, 0.1) is 0 Å². The first-order valence-electron chi connectivity index (χ1n) is 16.4. The molecule has 230 valence electrons. The molecule has 0 radical (unpaired) electrons. The van der Waals surface area contributed by atoms with Crippen LogP contribution >= 0.6 is 0 Å². The third-order valence-electron chi connectivity index (χ3n) is 8.95. The maximum Gasteiger partial charge on any atom is 0.164 e. The lowest BCUT2D eigenvalue weighted by molar-refractivity contribution is 0.669. The molecule has 0 aliphatic carbocycles. The average molecular weight is 628 g/mol. The second-order valence-electron chi connectivity index (χ2n) is 12.1. The van der Waals surface area contributed by atoms with Gasteiger partial charge in [0.1, 0.15) is 11.2 Å². The van der Waals surface area contributed by atoms with Crippen molar-refractivity contribution in [2.24, 2.45) is 0 Å². The fourth-order valence-electron chi connectivity index (χ4n) is 6.40. The Bertz CT molecular complexity index is 2580. The molecule has 2 aromatic heterocycles. The molecule has 2 heterocycles. The molecule has 4 nitrogen and oxygen atoms in total. The van der Waals surface area contributed by atoms with E-state index in [0.29, 0.717) is 17.5 Å². The van der Waals surface area contributed by atoms with Crippen LogP contribution < -0.4 is 0 Å². The molecule has 0 atom stereocenters. The van der Waals surface area contributed by atoms with Gasteiger partial charge in [0.25, 0.3) is 0 Å². The zero-order valence-corrected chi connectivity index (χ0v) is 26.5. The number of fused-ring (bicyclic) bond motifs is 3. The number of aromatic nitrogens is 3. The van der Waals surface area contributed by atoms with Crippen molar-refractivity contribution in [2.45, 2.75) is 0 Å². The number of furan rings is 1. The van der Waals surface area contributed by atoms with Gasteiger partial charge in [-0.3, -0.25) is 0 Å². The molecule has 4 heteroatoms. The van der Waals surface area contributed by atoms with E-state index in [4.69, 9.17) is 19.4 Å². The van der Waals surface area contributed by atoms with E-state index in [9.17, 15) is 0 Å². The van der Waals surface area contributed by atoms with E-state index in [1.165, 1.54) is 5.56 Å². The van der Waals surface area contributed by atoms with Crippen LogP contribution in [0.1, 0.15) is 0 Å². The van der Waals surface area contributed by atoms with E-state index in [-0.39, 0.29) is 0 Å². The lowest BCUT2D eigenvalue weighted by Gasteiger charge is -2.10. The molecule has 9 rings (SSSR count). The molecular weight excluding hydrogens is 599 g/mol. The van der Waals surface area contributed by atoms with Gasteiger partial charge >= 0.3 is 0 Å². The minimum absolute atomic E-state index is 0.588. The Labute approximate surface area is 284 Å². The first kappa shape index (κ1) is 28.6. The molecule has 0 spiro atoms. The van der Waals surface area contributed by atoms with Crippen molar-refractivity contribution in [2.75, 3.05) is 0 Å². The van der Waals surface area contributed by atoms with E-state index < -0.39 is 0 Å². The third kappa shape index (κ3) is 5.56. The molecule has 7 aromatic carbocycles. The second-order valence-corrected chi connectivity index (χ2v) is 12.1. The van der Waals surface area contributed by atoms with Crippen molar-refractivity contribution in [3.8, 4) is 67.5 Å². The van der Waals surface area contributed by atoms with Gasteiger partial charge in [-0.15, -0.1) is 0 Å². The number of hydrogen-bond donors (Lipinski definition) is 0. The van der Waals surface area contributed by atoms with E-state index in [0.717, 1.165) is 66.4 Å². The molecule has 0 N–H and O–H groups in total. The molecule has 0 bridgehead atoms. The summed E-state index contributed by atoms with van der Waals surface area (Å²) in [5.74, 6) is 1.81. The molecule has 0 unspecified atom stereocenters. The van der Waals surface area contributed by atoms with Crippen LogP contribution in [-0.2, 0) is 0 Å². The Morgan fingerprint density at radius 3 is 1.18 bits per heavy atom. The highest BCUT2D eigenvalue weighted by Crippen LogP contribution is 2.35. The largest absolute Gasteiger partial charge is 0.456 e. The highest BCUT2D eigenvalue weighted by Gasteiger charge is 2.16. The van der Waals surface area contributed by atoms with Crippen LogP contribution in [0.5, 0.6) is 0 Å². The Morgan fingerprint density at radius 1 is 0.265 bits per heavy atom. The highest BCUT2D eigenvalue weighted by atomic mass is 16.3. The standard InChI is InChI=1S/C45H29N3O/c1-4-11-30(12-5-1)33-19-21-34(22-20-33)43-46-44(37-18-10-17-35(27-37)31-13-6-2-7-14-31)48-45(47-43)38-24-26-40-39-25-23-36(32-15-8-3-9-16-32)28-41(39)49-42(40)29-38/h1-29H. The number of hydrogen-bond acceptors (Lipinski definition) is 4. The van der Waals surface area contributed by atoms with Crippen molar-refractivity contribution in [3.63, 3.8) is 0 Å². The minimum atomic E-state index is 0.588. The predicted octanol–water partition coefficient (Wildman–Crippen LogP) is 11.8. The topological polar surface area (TPSA) is 51.8 Å². The van der Waals surface area contributed by atoms with Gasteiger partial charge in [0.2, 0.25) is 0 Å². The molecule has 49 heavy (non-hydrogen) atoms. The van der Waals surface area contributed by atoms with Gasteiger partial charge in [-0.2, -0.15) is 0 Å². The molecular formula is C45H29N3O. The quantitative estimate of drug-likeness (QED) is 0.184. The summed E-state index contributed by atoms with van der Waals surface area (Å²) in [5, 5.41) is 2.13. The van der Waals surface area contributed by atoms with Crippen LogP contribution in [0.4, 0.5) is 0 Å². The third-order valence-corrected chi connectivity index (χ3v) is 8.95. The number of rotatable bonds is 6. The summed E-state index contributed by atoms with van der Waals surface area (Å²) >= 11 is 0. The first-order valence-corrected chi connectivity index (χ1v) is 16.4. The Morgan fingerprint density at radius 2 is 0.612 bits per heavy atom. The van der Waals surface area contributed by atoms with Crippen molar-refractivity contribution in [1.29, 1.82) is 0 Å². The SMILES string of the molecule is c1ccc(-c2ccc(-c3nc(-c4cccc(-c5ccccc5)c4)nc(-c4ccc5c(c4)oc4cc(-c6ccccc6)ccc45)n3)cc2)cc1. The summed E-state index contributed by atoms with van der Waals surface area (Å²) in [4.78, 5) is 15.1. The molecule has 0 saturated heterocycles. The summed E-state index contributed by atoms with van der Waals surface area (Å²) in [6, 6.07) is 60.5. The van der Waals surface area contributed by atoms with Crippen LogP contribution in [-0.4, -0.2) is 15.0 Å². The summed E-state index contributed by atoms with van der Waals surface area (Å²) in [5.41, 5.74) is 11.2. The molecule has 0 saturated carbocycles. The minimum Gasteiger partial charge on any atom is -0.456 e. The lowest BCUT2D eigenvalue weighted by Crippen LogP contribution is -2.00. The molecule has 9 aromatic rings. The Kier molecular flexibility index (Phi) is 7.10. The fourth-order valence-corrected chi connectivity index (χ4v) is 6.40. The smallest absolute Gasteiger partial charge is 0.164 e. The Hall–Kier alpha value is -6.65. The first-order chi connectivity index (χ1) is 24.2. The van der Waals surface area contributed by atoms with Crippen molar-refractivity contribution in [1.82, 2.24) is 15.0 Å². The number of nitrogens with zero attached hydrogens (tertiary/aromatic N) is 3. The normalized spacial score (nSPS) is 11.3. The highest BCUT2D eigenvalue weighted by molar-refractivity contribution is 6.06. The van der Waals surface area contributed by atoms with Gasteiger partial charge in [-0.05, 0) is 63.7 Å². The molecule has 0 aliphatic heterocycles. The average Bonchev–Trinajstić information content (AvgIpc) is 3.56. The van der Waals surface area contributed by atoms with E-state index in [2.05, 4.69) is 152 Å². The molecule has 0 fully saturated rings. The summed E-state index contributed by atoms with van der Waals surface area (Å²) < 4.78 is 6.46. The van der Waals surface area contributed by atoms with Crippen LogP contribution in [0.15, 0.2) is 180 Å². The molecule has 0 aliphatic rings. The fraction of sp³-hybridized carbons (Fsp3) is 0. The summed E-state index contributed by atoms with van der Waals surface area (Å²) in [6.07, 6.45) is 0. The van der Waals surface area contributed by atoms with Crippen molar-refractivity contribution < 1.29 is 4.42 Å². The number of benzene rings is 7. The Balaban J connectivity index is 1.16. The maximum absolute atomic E-state index is 6.46. The van der Waals surface area contributed by atoms with E-state index in [1.807, 2.05) is 24.3 Å². The second kappa shape index (κ2) is 12.2. The van der Waals surface area contributed by atoms with Crippen LogP contribution in [0.2, 0.25) is 0 Å². The monoisotopic (exact) mass is 627 g/mol. The van der Waals surface area contributed by atoms with Crippen LogP contribution in [0.25, 0.3) is 89.5 Å². The zero-order valence-electron chi connectivity index (χ0n) is 26.5. The van der Waals surface area contributed by atoms with Gasteiger partial charge in [0, 0.05) is 27.5 Å². The molecule has 0 amide bonds. The van der Waals surface area contributed by atoms with Gasteiger partial charge in [-0.1, -0.05) is 146 Å². The van der Waals surface area contributed by atoms with Gasteiger partial charge in [0.15, 0.2) is 17.5 Å². The summed E-state index contributed by atoms with van der Waals surface area (Å²) in [6.45, 7) is 0. The predicted molar refractivity (Wildman–Crippen MR) is 200 cm³/mol. The summed E-state index contributed by atoms with van der Waals surface area (Å²) in [7, 11) is 0. The van der Waals surface area contributed by atoms with E-state index in [1.54, 1.807) is 0 Å². The van der Waals surface area contributed by atoms with Crippen molar-refractivity contribution in [3.05, 3.63) is 176 Å². The van der Waals surface area contributed by atoms with Crippen LogP contribution in [0.3, 0.4) is 0 Å². The lowest BCUT2D eigenvalue weighted by atomic mass is 10.0. The maximum atomic E-state index is 6.46. The van der Waals surface area contributed by atoms with Crippen LogP contribution in [0, 0.1) is 0 Å². The van der Waals surface area contributed by atoms with Gasteiger partial charge in [-0.25, -0.2) is 15.0 Å².